The second kappa shape index (κ2) is 5.22. The van der Waals surface area contributed by atoms with Crippen molar-refractivity contribution >= 4 is 38.2 Å². The normalized spacial score (nSPS) is 22.6. The highest BCUT2D eigenvalue weighted by molar-refractivity contribution is 9.10. The van der Waals surface area contributed by atoms with E-state index in [0.29, 0.717) is 11.6 Å². The Bertz CT molecular complexity index is 641. The van der Waals surface area contributed by atoms with Crippen molar-refractivity contribution < 1.29 is 5.11 Å². The van der Waals surface area contributed by atoms with Gasteiger partial charge in [-0.15, -0.1) is 0 Å². The lowest BCUT2D eigenvalue weighted by Crippen LogP contribution is -2.35. The van der Waals surface area contributed by atoms with Crippen LogP contribution in [0, 0.1) is 5.92 Å². The molecule has 1 aliphatic heterocycles. The first kappa shape index (κ1) is 13.6. The Balaban J connectivity index is 2.19. The molecule has 0 saturated carbocycles. The molecule has 3 N–H and O–H groups in total. The van der Waals surface area contributed by atoms with Crippen LogP contribution >= 0.6 is 15.9 Å². The molecule has 0 radical (unpaired) electrons. The first-order valence-corrected chi connectivity index (χ1v) is 7.62. The predicted molar refractivity (Wildman–Crippen MR) is 85.9 cm³/mol. The third kappa shape index (κ3) is 2.15. The zero-order valence-corrected chi connectivity index (χ0v) is 13.0. The van der Waals surface area contributed by atoms with Crippen LogP contribution in [-0.2, 0) is 0 Å². The number of anilines is 2. The molecule has 20 heavy (non-hydrogen) atoms. The van der Waals surface area contributed by atoms with E-state index in [1.54, 1.807) is 6.20 Å². The lowest BCUT2D eigenvalue weighted by Gasteiger charge is -2.29. The average molecular weight is 336 g/mol. The fourth-order valence-corrected chi connectivity index (χ4v) is 3.41. The van der Waals surface area contributed by atoms with Crippen LogP contribution in [0.4, 0.5) is 11.4 Å². The van der Waals surface area contributed by atoms with Gasteiger partial charge < -0.3 is 15.7 Å². The lowest BCUT2D eigenvalue weighted by atomic mass is 10.0. The molecule has 2 aromatic rings. The van der Waals surface area contributed by atoms with Crippen molar-refractivity contribution in [1.29, 1.82) is 0 Å². The van der Waals surface area contributed by atoms with E-state index in [1.165, 1.54) is 0 Å². The molecule has 1 aliphatic rings. The molecule has 106 valence electrons. The number of halogens is 1. The summed E-state index contributed by atoms with van der Waals surface area (Å²) in [5.74, 6) is 0.467. The Kier molecular flexibility index (Phi) is 3.56. The third-order valence-corrected chi connectivity index (χ3v) is 4.68. The number of nitrogen functional groups attached to an aromatic ring is 1. The van der Waals surface area contributed by atoms with Crippen LogP contribution in [0.3, 0.4) is 0 Å². The second-order valence-electron chi connectivity index (χ2n) is 5.43. The molecule has 3 rings (SSSR count). The van der Waals surface area contributed by atoms with Crippen molar-refractivity contribution in [3.05, 3.63) is 28.9 Å². The first-order valence-electron chi connectivity index (χ1n) is 6.83. The zero-order valence-electron chi connectivity index (χ0n) is 11.4. The Morgan fingerprint density at radius 2 is 2.30 bits per heavy atom. The highest BCUT2D eigenvalue weighted by Crippen LogP contribution is 2.38. The smallest absolute Gasteiger partial charge is 0.0745 e. The molecule has 0 aliphatic carbocycles. The average Bonchev–Trinajstić information content (AvgIpc) is 2.79. The fraction of sp³-hybridized carbons (Fsp3) is 0.400. The zero-order chi connectivity index (χ0) is 14.3. The maximum Gasteiger partial charge on any atom is 0.0745 e. The van der Waals surface area contributed by atoms with Gasteiger partial charge in [-0.1, -0.05) is 22.9 Å². The summed E-state index contributed by atoms with van der Waals surface area (Å²) in [7, 11) is 0. The van der Waals surface area contributed by atoms with Crippen LogP contribution in [0.1, 0.15) is 13.3 Å². The number of rotatable bonds is 2. The monoisotopic (exact) mass is 335 g/mol. The van der Waals surface area contributed by atoms with E-state index < -0.39 is 0 Å². The molecule has 2 heterocycles. The molecule has 0 spiro atoms. The van der Waals surface area contributed by atoms with Crippen molar-refractivity contribution in [2.75, 3.05) is 23.8 Å². The van der Waals surface area contributed by atoms with E-state index in [2.05, 4.69) is 32.7 Å². The van der Waals surface area contributed by atoms with Crippen molar-refractivity contribution in [2.24, 2.45) is 5.92 Å². The molecule has 0 amide bonds. The van der Waals surface area contributed by atoms with Gasteiger partial charge in [0.15, 0.2) is 0 Å². The molecule has 1 saturated heterocycles. The Morgan fingerprint density at radius 1 is 1.50 bits per heavy atom. The lowest BCUT2D eigenvalue weighted by molar-refractivity contribution is 0.245. The van der Waals surface area contributed by atoms with E-state index in [1.807, 2.05) is 18.2 Å². The van der Waals surface area contributed by atoms with Gasteiger partial charge in [-0.05, 0) is 30.5 Å². The summed E-state index contributed by atoms with van der Waals surface area (Å²) in [5, 5.41) is 10.7. The number of pyridine rings is 1. The maximum absolute atomic E-state index is 9.68. The van der Waals surface area contributed by atoms with Gasteiger partial charge >= 0.3 is 0 Å². The van der Waals surface area contributed by atoms with Crippen molar-refractivity contribution in [3.63, 3.8) is 0 Å². The summed E-state index contributed by atoms with van der Waals surface area (Å²) >= 11 is 3.51. The van der Waals surface area contributed by atoms with Gasteiger partial charge in [-0.2, -0.15) is 0 Å². The van der Waals surface area contributed by atoms with E-state index in [0.717, 1.165) is 34.0 Å². The standard InChI is InChI=1S/C15H18BrN3O/c1-9-4-5-19(14(9)8-20)15-11-6-10(16)2-3-13(11)18-7-12(15)17/h2-3,6-7,9,14,20H,4-5,8,17H2,1H3. The summed E-state index contributed by atoms with van der Waals surface area (Å²) < 4.78 is 1.01. The van der Waals surface area contributed by atoms with Crippen molar-refractivity contribution in [2.45, 2.75) is 19.4 Å². The number of hydrogen-bond acceptors (Lipinski definition) is 4. The Labute approximate surface area is 126 Å². The number of nitrogens with two attached hydrogens (primary N) is 1. The van der Waals surface area contributed by atoms with Crippen LogP contribution in [-0.4, -0.2) is 29.3 Å². The molecular formula is C15H18BrN3O. The molecule has 2 unspecified atom stereocenters. The summed E-state index contributed by atoms with van der Waals surface area (Å²) in [5.41, 5.74) is 8.77. The van der Waals surface area contributed by atoms with Crippen molar-refractivity contribution in [3.8, 4) is 0 Å². The van der Waals surface area contributed by atoms with Gasteiger partial charge in [0, 0.05) is 16.4 Å². The van der Waals surface area contributed by atoms with Crippen LogP contribution in [0.15, 0.2) is 28.9 Å². The molecule has 2 atom stereocenters. The highest BCUT2D eigenvalue weighted by atomic mass is 79.9. The number of aromatic nitrogens is 1. The predicted octanol–water partition coefficient (Wildman–Crippen LogP) is 2.79. The van der Waals surface area contributed by atoms with Gasteiger partial charge in [0.05, 0.1) is 35.7 Å². The van der Waals surface area contributed by atoms with Crippen molar-refractivity contribution in [1.82, 2.24) is 4.98 Å². The minimum atomic E-state index is 0.127. The second-order valence-corrected chi connectivity index (χ2v) is 6.35. The van der Waals surface area contributed by atoms with Gasteiger partial charge in [0.25, 0.3) is 0 Å². The molecule has 1 aromatic heterocycles. The van der Waals surface area contributed by atoms with E-state index >= 15 is 0 Å². The van der Waals surface area contributed by atoms with Gasteiger partial charge in [0.1, 0.15) is 0 Å². The minimum absolute atomic E-state index is 0.127. The van der Waals surface area contributed by atoms with Gasteiger partial charge in [-0.25, -0.2) is 0 Å². The van der Waals surface area contributed by atoms with Crippen LogP contribution in [0.5, 0.6) is 0 Å². The minimum Gasteiger partial charge on any atom is -0.396 e. The van der Waals surface area contributed by atoms with Crippen LogP contribution in [0.25, 0.3) is 10.9 Å². The topological polar surface area (TPSA) is 62.4 Å². The molecule has 1 aromatic carbocycles. The number of fused-ring (bicyclic) bond motifs is 1. The highest BCUT2D eigenvalue weighted by Gasteiger charge is 2.32. The number of aliphatic hydroxyl groups is 1. The summed E-state index contributed by atoms with van der Waals surface area (Å²) in [6.45, 7) is 3.25. The van der Waals surface area contributed by atoms with Crippen LogP contribution in [0.2, 0.25) is 0 Å². The summed E-state index contributed by atoms with van der Waals surface area (Å²) in [6, 6.07) is 6.13. The summed E-state index contributed by atoms with van der Waals surface area (Å²) in [6.07, 6.45) is 2.78. The molecule has 4 nitrogen and oxygen atoms in total. The van der Waals surface area contributed by atoms with E-state index in [9.17, 15) is 5.11 Å². The van der Waals surface area contributed by atoms with Gasteiger partial charge in [-0.3, -0.25) is 4.98 Å². The van der Waals surface area contributed by atoms with E-state index in [4.69, 9.17) is 5.73 Å². The molecular weight excluding hydrogens is 318 g/mol. The van der Waals surface area contributed by atoms with Gasteiger partial charge in [0.2, 0.25) is 0 Å². The van der Waals surface area contributed by atoms with Crippen LogP contribution < -0.4 is 10.6 Å². The Morgan fingerprint density at radius 3 is 3.05 bits per heavy atom. The SMILES string of the molecule is CC1CCN(c2c(N)cnc3ccc(Br)cc23)C1CO. The Hall–Kier alpha value is -1.33. The fourth-order valence-electron chi connectivity index (χ4n) is 3.05. The largest absolute Gasteiger partial charge is 0.396 e. The molecule has 5 heteroatoms. The number of benzene rings is 1. The number of aliphatic hydroxyl groups excluding tert-OH is 1. The summed E-state index contributed by atoms with van der Waals surface area (Å²) in [4.78, 5) is 6.62. The van der Waals surface area contributed by atoms with E-state index in [-0.39, 0.29) is 12.6 Å². The maximum atomic E-state index is 9.68. The molecule has 1 fully saturated rings. The molecule has 0 bridgehead atoms. The third-order valence-electron chi connectivity index (χ3n) is 4.19. The number of nitrogens with zero attached hydrogens (tertiary/aromatic N) is 2. The first-order chi connectivity index (χ1) is 9.61. The quantitative estimate of drug-likeness (QED) is 0.885. The number of hydrogen-bond donors (Lipinski definition) is 2.